The van der Waals surface area contributed by atoms with E-state index in [1.54, 1.807) is 41.2 Å². The van der Waals surface area contributed by atoms with Crippen LogP contribution in [0.25, 0.3) is 0 Å². The molecule has 14 heteroatoms. The van der Waals surface area contributed by atoms with Crippen molar-refractivity contribution in [2.45, 2.75) is 0 Å². The molecule has 0 unspecified atom stereocenters. The Hall–Kier alpha value is -2.20. The molecule has 0 radical (unpaired) electrons. The van der Waals surface area contributed by atoms with Crippen LogP contribution < -0.4 is 25.4 Å². The molecule has 1 saturated heterocycles. The van der Waals surface area contributed by atoms with E-state index in [4.69, 9.17) is 42.9 Å². The minimum atomic E-state index is -1.89. The highest BCUT2D eigenvalue weighted by atomic mass is 33.7. The maximum Gasteiger partial charge on any atom is 0.414 e. The number of nitrogens with one attached hydrogen (secondary N) is 1. The van der Waals surface area contributed by atoms with Crippen LogP contribution in [-0.4, -0.2) is 36.2 Å². The lowest BCUT2D eigenvalue weighted by atomic mass is 10.2. The average molecular weight is 600 g/mol. The third-order valence-corrected chi connectivity index (χ3v) is 36.1. The summed E-state index contributed by atoms with van der Waals surface area (Å²) in [6.07, 6.45) is -0.823. The molecule has 1 aliphatic rings. The summed E-state index contributed by atoms with van der Waals surface area (Å²) < 4.78 is 11.9. The van der Waals surface area contributed by atoms with E-state index in [1.165, 1.54) is 12.1 Å². The number of carbonyl (C=O) groups excluding carboxylic acids is 1. The average Bonchev–Trinajstić information content (AvgIpc) is 2.83. The first-order chi connectivity index (χ1) is 17.1. The van der Waals surface area contributed by atoms with Gasteiger partial charge in [-0.05, 0) is 60.7 Å². The maximum atomic E-state index is 11.9. The number of ether oxygens (including phenoxy) is 3. The van der Waals surface area contributed by atoms with Gasteiger partial charge in [0.15, 0.2) is 0 Å². The molecule has 0 spiro atoms. The van der Waals surface area contributed by atoms with Gasteiger partial charge in [-0.2, -0.15) is 0 Å². The summed E-state index contributed by atoms with van der Waals surface area (Å²) >= 11 is 15.4. The van der Waals surface area contributed by atoms with Crippen molar-refractivity contribution in [1.29, 1.82) is 0 Å². The first-order valence-electron chi connectivity index (χ1n) is 10.1. The van der Waals surface area contributed by atoms with Crippen LogP contribution in [0.2, 0.25) is 0 Å². The minimum Gasteiger partial charge on any atom is -0.507 e. The molecule has 1 aliphatic heterocycles. The SMILES string of the molecule is COc1ccc(P2(=S)SP(=S)(c3ccc(OCOC(=O)Nc4ccc(C(=O)O)c(O)c4)cc3)S2)cc1. The normalized spacial score (nSPS) is 20.6. The van der Waals surface area contributed by atoms with E-state index in [9.17, 15) is 14.7 Å². The summed E-state index contributed by atoms with van der Waals surface area (Å²) in [7, 11) is 1.63. The van der Waals surface area contributed by atoms with Crippen molar-refractivity contribution in [1.82, 2.24) is 0 Å². The third-order valence-electron chi connectivity index (χ3n) is 4.86. The van der Waals surface area contributed by atoms with Crippen molar-refractivity contribution >= 4 is 82.9 Å². The van der Waals surface area contributed by atoms with E-state index in [1.807, 2.05) is 36.4 Å². The van der Waals surface area contributed by atoms with Crippen LogP contribution >= 0.6 is 30.9 Å². The van der Waals surface area contributed by atoms with Gasteiger partial charge in [0.2, 0.25) is 6.79 Å². The van der Waals surface area contributed by atoms with Gasteiger partial charge in [-0.3, -0.25) is 5.32 Å². The molecule has 188 valence electrons. The molecule has 0 atom stereocenters. The molecule has 3 aromatic rings. The van der Waals surface area contributed by atoms with Crippen LogP contribution in [0.4, 0.5) is 10.5 Å². The van der Waals surface area contributed by atoms with Gasteiger partial charge < -0.3 is 24.4 Å². The number of carbonyl (C=O) groups is 2. The van der Waals surface area contributed by atoms with Gasteiger partial charge in [-0.15, -0.1) is 0 Å². The summed E-state index contributed by atoms with van der Waals surface area (Å²) in [6, 6.07) is 18.8. The third kappa shape index (κ3) is 6.02. The van der Waals surface area contributed by atoms with E-state index in [-0.39, 0.29) is 18.0 Å². The Kier molecular flexibility index (Phi) is 8.24. The van der Waals surface area contributed by atoms with E-state index in [0.717, 1.165) is 22.4 Å². The zero-order chi connectivity index (χ0) is 25.9. The first kappa shape index (κ1) is 26.9. The van der Waals surface area contributed by atoms with E-state index < -0.39 is 26.7 Å². The Balaban J connectivity index is 1.27. The number of rotatable bonds is 8. The smallest absolute Gasteiger partial charge is 0.414 e. The summed E-state index contributed by atoms with van der Waals surface area (Å²) in [5.41, 5.74) is -0.0962. The van der Waals surface area contributed by atoms with Gasteiger partial charge in [0.25, 0.3) is 0 Å². The van der Waals surface area contributed by atoms with Crippen LogP contribution in [0.15, 0.2) is 66.7 Å². The van der Waals surface area contributed by atoms with E-state index in [0.29, 0.717) is 5.75 Å². The number of anilines is 1. The second-order valence-corrected chi connectivity index (χ2v) is 28.5. The molecule has 3 aromatic carbocycles. The number of aromatic carboxylic acids is 1. The molecule has 1 fully saturated rings. The van der Waals surface area contributed by atoms with Gasteiger partial charge in [0, 0.05) is 22.4 Å². The van der Waals surface area contributed by atoms with Crippen LogP contribution in [0.1, 0.15) is 10.4 Å². The van der Waals surface area contributed by atoms with Crippen LogP contribution in [0.5, 0.6) is 17.2 Å². The number of methoxy groups -OCH3 is 1. The maximum absolute atomic E-state index is 11.9. The topological polar surface area (TPSA) is 114 Å². The zero-order valence-corrected chi connectivity index (χ0v) is 23.6. The molecule has 36 heavy (non-hydrogen) atoms. The van der Waals surface area contributed by atoms with Crippen molar-refractivity contribution in [3.63, 3.8) is 0 Å². The molecule has 3 N–H and O–H groups in total. The zero-order valence-electron chi connectivity index (χ0n) is 18.5. The van der Waals surface area contributed by atoms with Crippen molar-refractivity contribution in [2.24, 2.45) is 0 Å². The number of amides is 1. The van der Waals surface area contributed by atoms with E-state index >= 15 is 0 Å². The Morgan fingerprint density at radius 1 is 0.917 bits per heavy atom. The summed E-state index contributed by atoms with van der Waals surface area (Å²) in [6.45, 7) is -0.347. The van der Waals surface area contributed by atoms with Gasteiger partial charge in [-0.25, -0.2) is 9.59 Å². The fourth-order valence-corrected chi connectivity index (χ4v) is 45.3. The number of carboxylic acids is 1. The summed E-state index contributed by atoms with van der Waals surface area (Å²) in [5.74, 6) is -0.453. The van der Waals surface area contributed by atoms with Crippen LogP contribution in [-0.2, 0) is 28.4 Å². The van der Waals surface area contributed by atoms with Gasteiger partial charge in [0.1, 0.15) is 22.8 Å². The number of phenols is 1. The van der Waals surface area contributed by atoms with Gasteiger partial charge in [-0.1, -0.05) is 45.6 Å². The van der Waals surface area contributed by atoms with Crippen LogP contribution in [0, 0.1) is 0 Å². The Morgan fingerprint density at radius 3 is 1.97 bits per heavy atom. The number of hydrogen-bond acceptors (Lipinski definition) is 10. The Labute approximate surface area is 224 Å². The lowest BCUT2D eigenvalue weighted by Crippen LogP contribution is -2.17. The molecule has 0 saturated carbocycles. The second kappa shape index (κ2) is 11.0. The monoisotopic (exact) mass is 599 g/mol. The van der Waals surface area contributed by atoms with Crippen molar-refractivity contribution in [2.75, 3.05) is 19.2 Å². The number of aromatic hydroxyl groups is 1. The number of benzene rings is 3. The molecular formula is C22H19NO7P2S4. The van der Waals surface area contributed by atoms with Crippen molar-refractivity contribution < 1.29 is 34.0 Å². The van der Waals surface area contributed by atoms with Gasteiger partial charge in [0.05, 0.1) is 16.0 Å². The molecule has 1 amide bonds. The Bertz CT molecular complexity index is 1390. The fraction of sp³-hybridized carbons (Fsp3) is 0.0909. The van der Waals surface area contributed by atoms with Gasteiger partial charge >= 0.3 is 12.1 Å². The molecular weight excluding hydrogens is 580 g/mol. The highest BCUT2D eigenvalue weighted by molar-refractivity contribution is 9.48. The molecule has 0 bridgehead atoms. The molecule has 0 aliphatic carbocycles. The Morgan fingerprint density at radius 2 is 1.47 bits per heavy atom. The van der Waals surface area contributed by atoms with E-state index in [2.05, 4.69) is 5.32 Å². The lowest BCUT2D eigenvalue weighted by molar-refractivity contribution is 0.0682. The fourth-order valence-electron chi connectivity index (χ4n) is 3.06. The predicted octanol–water partition coefficient (Wildman–Crippen LogP) is 5.73. The molecule has 8 nitrogen and oxygen atoms in total. The van der Waals surface area contributed by atoms with Crippen molar-refractivity contribution in [3.05, 3.63) is 72.3 Å². The minimum absolute atomic E-state index is 0.178. The molecule has 0 aromatic heterocycles. The first-order valence-corrected chi connectivity index (χ1v) is 19.8. The lowest BCUT2D eigenvalue weighted by Gasteiger charge is -2.40. The standard InChI is InChI=1S/C22H19NO7P2S4/c1-28-15-3-7-17(8-4-15)31(33)35-32(34,36-31)18-9-5-16(6-10-18)29-13-30-22(27)23-14-2-11-19(21(25)26)20(24)12-14/h2-12,24H,13H2,1H3,(H,23,27)(H,25,26). The van der Waals surface area contributed by atoms with Crippen molar-refractivity contribution in [3.8, 4) is 17.2 Å². The second-order valence-electron chi connectivity index (χ2n) is 7.21. The predicted molar refractivity (Wildman–Crippen MR) is 153 cm³/mol. The van der Waals surface area contributed by atoms with Crippen LogP contribution in [0.3, 0.4) is 0 Å². The number of carboxylic acid groups (broad SMARTS) is 1. The quantitative estimate of drug-likeness (QED) is 0.218. The summed E-state index contributed by atoms with van der Waals surface area (Å²) in [5, 5.41) is 23.2. The largest absolute Gasteiger partial charge is 0.507 e. The highest BCUT2D eigenvalue weighted by Crippen LogP contribution is 3.04. The molecule has 1 heterocycles. The summed E-state index contributed by atoms with van der Waals surface area (Å²) in [4.78, 5) is 22.9. The highest BCUT2D eigenvalue weighted by Gasteiger charge is 2.45. The number of hydrogen-bond donors (Lipinski definition) is 3. The molecule has 4 rings (SSSR count).